The molecule has 136 valence electrons. The van der Waals surface area contributed by atoms with Gasteiger partial charge in [0, 0.05) is 19.1 Å². The summed E-state index contributed by atoms with van der Waals surface area (Å²) < 4.78 is 25.4. The standard InChI is InChI=1S/C16H34N4O2S/c1-3-4-5-6-7-8-12-18-16(17)19-13-14-10-9-11-15(14)20-23(2,21)22/h14-15,20H,3-13H2,1-2H3,(H3,17,18,19). The molecule has 1 fully saturated rings. The Labute approximate surface area is 141 Å². The van der Waals surface area contributed by atoms with Crippen molar-refractivity contribution in [3.05, 3.63) is 0 Å². The van der Waals surface area contributed by atoms with Gasteiger partial charge in [0.15, 0.2) is 5.96 Å². The average molecular weight is 347 g/mol. The zero-order valence-electron chi connectivity index (χ0n) is 14.7. The van der Waals surface area contributed by atoms with E-state index >= 15 is 0 Å². The maximum atomic E-state index is 11.4. The molecule has 7 heteroatoms. The lowest BCUT2D eigenvalue weighted by atomic mass is 10.1. The number of unbranched alkanes of at least 4 members (excludes halogenated alkanes) is 5. The number of rotatable bonds is 11. The fraction of sp³-hybridized carbons (Fsp3) is 0.938. The van der Waals surface area contributed by atoms with Crippen LogP contribution in [0.3, 0.4) is 0 Å². The lowest BCUT2D eigenvalue weighted by molar-refractivity contribution is 0.454. The van der Waals surface area contributed by atoms with Gasteiger partial charge in [-0.15, -0.1) is 0 Å². The smallest absolute Gasteiger partial charge is 0.208 e. The second-order valence-corrected chi connectivity index (χ2v) is 8.39. The van der Waals surface area contributed by atoms with E-state index in [0.717, 1.165) is 32.2 Å². The predicted octanol–water partition coefficient (Wildman–Crippen LogP) is 1.97. The fourth-order valence-electron chi connectivity index (χ4n) is 3.08. The van der Waals surface area contributed by atoms with E-state index in [-0.39, 0.29) is 12.0 Å². The molecule has 0 aliphatic heterocycles. The number of sulfonamides is 1. The summed E-state index contributed by atoms with van der Waals surface area (Å²) in [5.41, 5.74) is 5.89. The van der Waals surface area contributed by atoms with Gasteiger partial charge in [-0.25, -0.2) is 13.1 Å². The van der Waals surface area contributed by atoms with Crippen LogP contribution in [0, 0.1) is 5.92 Å². The first kappa shape index (κ1) is 20.2. The van der Waals surface area contributed by atoms with E-state index in [9.17, 15) is 8.42 Å². The van der Waals surface area contributed by atoms with Gasteiger partial charge in [-0.3, -0.25) is 4.99 Å². The third-order valence-corrected chi connectivity index (χ3v) is 5.09. The minimum Gasteiger partial charge on any atom is -0.370 e. The molecule has 0 heterocycles. The Morgan fingerprint density at radius 2 is 1.87 bits per heavy atom. The van der Waals surface area contributed by atoms with Crippen molar-refractivity contribution in [2.24, 2.45) is 16.6 Å². The summed E-state index contributed by atoms with van der Waals surface area (Å²) in [5, 5.41) is 3.15. The van der Waals surface area contributed by atoms with Crippen LogP contribution in [-0.4, -0.2) is 39.8 Å². The quantitative estimate of drug-likeness (QED) is 0.303. The van der Waals surface area contributed by atoms with Gasteiger partial charge in [-0.05, 0) is 25.2 Å². The molecule has 0 radical (unpaired) electrons. The fourth-order valence-corrected chi connectivity index (χ4v) is 3.94. The van der Waals surface area contributed by atoms with Crippen LogP contribution >= 0.6 is 0 Å². The number of hydrogen-bond acceptors (Lipinski definition) is 3. The van der Waals surface area contributed by atoms with E-state index in [1.807, 2.05) is 0 Å². The molecule has 0 aromatic rings. The van der Waals surface area contributed by atoms with Crippen molar-refractivity contribution < 1.29 is 8.42 Å². The Morgan fingerprint density at radius 1 is 1.17 bits per heavy atom. The SMILES string of the molecule is CCCCCCCCNC(N)=NCC1CCCC1NS(C)(=O)=O. The maximum absolute atomic E-state index is 11.4. The molecule has 6 nitrogen and oxygen atoms in total. The highest BCUT2D eigenvalue weighted by Crippen LogP contribution is 2.26. The number of nitrogens with two attached hydrogens (primary N) is 1. The molecule has 0 saturated heterocycles. The minimum absolute atomic E-state index is 0.000107. The van der Waals surface area contributed by atoms with Crippen LogP contribution < -0.4 is 15.8 Å². The van der Waals surface area contributed by atoms with Crippen molar-refractivity contribution in [1.82, 2.24) is 10.0 Å². The Balaban J connectivity index is 2.19. The third kappa shape index (κ3) is 9.81. The molecule has 0 aromatic carbocycles. The van der Waals surface area contributed by atoms with Gasteiger partial charge in [-0.1, -0.05) is 45.4 Å². The van der Waals surface area contributed by atoms with Crippen LogP contribution in [0.5, 0.6) is 0 Å². The molecule has 0 bridgehead atoms. The van der Waals surface area contributed by atoms with Gasteiger partial charge < -0.3 is 11.1 Å². The molecular formula is C16H34N4O2S. The Kier molecular flexibility index (Phi) is 9.55. The highest BCUT2D eigenvalue weighted by molar-refractivity contribution is 7.88. The van der Waals surface area contributed by atoms with Gasteiger partial charge in [-0.2, -0.15) is 0 Å². The second-order valence-electron chi connectivity index (χ2n) is 6.61. The van der Waals surface area contributed by atoms with Crippen molar-refractivity contribution in [2.75, 3.05) is 19.3 Å². The molecule has 1 aliphatic rings. The number of nitrogens with zero attached hydrogens (tertiary/aromatic N) is 1. The lowest BCUT2D eigenvalue weighted by Crippen LogP contribution is -2.38. The number of hydrogen-bond donors (Lipinski definition) is 3. The summed E-state index contributed by atoms with van der Waals surface area (Å²) >= 11 is 0. The highest BCUT2D eigenvalue weighted by Gasteiger charge is 2.29. The summed E-state index contributed by atoms with van der Waals surface area (Å²) in [7, 11) is -3.15. The summed E-state index contributed by atoms with van der Waals surface area (Å²) in [6, 6.07) is 0.000107. The first-order valence-corrected chi connectivity index (χ1v) is 10.8. The first-order chi connectivity index (χ1) is 10.9. The van der Waals surface area contributed by atoms with Crippen LogP contribution in [0.25, 0.3) is 0 Å². The first-order valence-electron chi connectivity index (χ1n) is 8.93. The molecule has 2 atom stereocenters. The van der Waals surface area contributed by atoms with Crippen LogP contribution in [0.4, 0.5) is 0 Å². The molecule has 0 spiro atoms. The van der Waals surface area contributed by atoms with Gasteiger partial charge in [0.2, 0.25) is 10.0 Å². The monoisotopic (exact) mass is 346 g/mol. The highest BCUT2D eigenvalue weighted by atomic mass is 32.2. The molecule has 4 N–H and O–H groups in total. The summed E-state index contributed by atoms with van der Waals surface area (Å²) in [4.78, 5) is 4.38. The Bertz CT molecular complexity index is 451. The van der Waals surface area contributed by atoms with Gasteiger partial charge in [0.05, 0.1) is 6.26 Å². The van der Waals surface area contributed by atoms with E-state index in [0.29, 0.717) is 12.5 Å². The van der Waals surface area contributed by atoms with Crippen LogP contribution in [0.2, 0.25) is 0 Å². The predicted molar refractivity (Wildman–Crippen MR) is 97.0 cm³/mol. The van der Waals surface area contributed by atoms with E-state index in [1.54, 1.807) is 0 Å². The lowest BCUT2D eigenvalue weighted by Gasteiger charge is -2.18. The molecule has 0 aromatic heterocycles. The van der Waals surface area contributed by atoms with Crippen LogP contribution in [0.1, 0.15) is 64.7 Å². The van der Waals surface area contributed by atoms with Crippen molar-refractivity contribution in [3.8, 4) is 0 Å². The van der Waals surface area contributed by atoms with E-state index < -0.39 is 10.0 Å². The van der Waals surface area contributed by atoms with Crippen molar-refractivity contribution >= 4 is 16.0 Å². The topological polar surface area (TPSA) is 96.6 Å². The molecule has 1 saturated carbocycles. The zero-order chi connectivity index (χ0) is 17.1. The van der Waals surface area contributed by atoms with Crippen LogP contribution in [-0.2, 0) is 10.0 Å². The second kappa shape index (κ2) is 10.9. The molecule has 0 amide bonds. The minimum atomic E-state index is -3.15. The summed E-state index contributed by atoms with van der Waals surface area (Å²) in [6.45, 7) is 3.67. The van der Waals surface area contributed by atoms with Gasteiger partial charge in [0.1, 0.15) is 0 Å². The number of nitrogens with one attached hydrogen (secondary N) is 2. The Hall–Kier alpha value is -0.820. The average Bonchev–Trinajstić information content (AvgIpc) is 2.89. The zero-order valence-corrected chi connectivity index (χ0v) is 15.5. The van der Waals surface area contributed by atoms with Crippen molar-refractivity contribution in [1.29, 1.82) is 0 Å². The third-order valence-electron chi connectivity index (χ3n) is 4.36. The normalized spacial score (nSPS) is 22.4. The van der Waals surface area contributed by atoms with E-state index in [1.165, 1.54) is 38.4 Å². The van der Waals surface area contributed by atoms with Crippen molar-refractivity contribution in [2.45, 2.75) is 70.8 Å². The molecule has 2 unspecified atom stereocenters. The molecular weight excluding hydrogens is 312 g/mol. The number of aliphatic imine (C=N–C) groups is 1. The molecule has 1 aliphatic carbocycles. The number of guanidine groups is 1. The summed E-state index contributed by atoms with van der Waals surface area (Å²) in [5.74, 6) is 0.725. The van der Waals surface area contributed by atoms with Gasteiger partial charge >= 0.3 is 0 Å². The molecule has 1 rings (SSSR count). The van der Waals surface area contributed by atoms with E-state index in [4.69, 9.17) is 5.73 Å². The maximum Gasteiger partial charge on any atom is 0.208 e. The Morgan fingerprint density at radius 3 is 2.57 bits per heavy atom. The molecule has 23 heavy (non-hydrogen) atoms. The van der Waals surface area contributed by atoms with Crippen molar-refractivity contribution in [3.63, 3.8) is 0 Å². The van der Waals surface area contributed by atoms with Gasteiger partial charge in [0.25, 0.3) is 0 Å². The van der Waals surface area contributed by atoms with Crippen LogP contribution in [0.15, 0.2) is 4.99 Å². The largest absolute Gasteiger partial charge is 0.370 e. The summed E-state index contributed by atoms with van der Waals surface area (Å²) in [6.07, 6.45) is 11.7. The van der Waals surface area contributed by atoms with E-state index in [2.05, 4.69) is 22.0 Å².